The zero-order chi connectivity index (χ0) is 28.7. The van der Waals surface area contributed by atoms with Crippen molar-refractivity contribution in [1.82, 2.24) is 10.6 Å². The van der Waals surface area contributed by atoms with E-state index in [0.29, 0.717) is 24.2 Å². The van der Waals surface area contributed by atoms with Crippen molar-refractivity contribution in [2.24, 2.45) is 11.5 Å². The van der Waals surface area contributed by atoms with E-state index in [4.69, 9.17) is 16.2 Å². The van der Waals surface area contributed by atoms with Crippen molar-refractivity contribution < 1.29 is 41.1 Å². The van der Waals surface area contributed by atoms with Gasteiger partial charge in [-0.2, -0.15) is 0 Å². The first-order chi connectivity index (χ1) is 18.5. The van der Waals surface area contributed by atoms with Crippen molar-refractivity contribution in [3.8, 4) is 5.75 Å². The molecule has 208 valence electrons. The number of nitrogens with two attached hydrogens (primary N) is 2. The standard InChI is InChI=1S/C26H25F5N4O4/c27-20-16(21(28)23(30)24(31)22(20)29)12-17(32)25(37)34-7-3-4-8-39-18-10-14-6-2-1-5-13(14)9-15(18)11-19(36)35-26(33)38/h1-2,5-6,9-10,17H,3-4,7-8,11-12,32H2,(H,34,37)(H3,33,35,36,38)/t17-/m0/s1. The molecule has 8 nitrogen and oxygen atoms in total. The van der Waals surface area contributed by atoms with E-state index in [9.17, 15) is 36.3 Å². The van der Waals surface area contributed by atoms with Crippen LogP contribution in [-0.4, -0.2) is 37.0 Å². The van der Waals surface area contributed by atoms with Crippen molar-refractivity contribution in [3.05, 3.63) is 76.6 Å². The number of unbranched alkanes of at least 4 members (excludes halogenated alkanes) is 1. The number of nitrogens with one attached hydrogen (secondary N) is 2. The lowest BCUT2D eigenvalue weighted by Gasteiger charge is -2.15. The fourth-order valence-electron chi connectivity index (χ4n) is 3.79. The number of urea groups is 1. The lowest BCUT2D eigenvalue weighted by Crippen LogP contribution is -2.42. The summed E-state index contributed by atoms with van der Waals surface area (Å²) in [6, 6.07) is 8.37. The van der Waals surface area contributed by atoms with E-state index in [1.54, 1.807) is 12.1 Å². The summed E-state index contributed by atoms with van der Waals surface area (Å²) in [5, 5.41) is 6.16. The van der Waals surface area contributed by atoms with Crippen LogP contribution in [0.15, 0.2) is 36.4 Å². The van der Waals surface area contributed by atoms with Crippen molar-refractivity contribution in [1.29, 1.82) is 0 Å². The quantitative estimate of drug-likeness (QED) is 0.125. The zero-order valence-corrected chi connectivity index (χ0v) is 20.5. The van der Waals surface area contributed by atoms with Gasteiger partial charge in [-0.25, -0.2) is 26.7 Å². The molecule has 3 rings (SSSR count). The second-order valence-corrected chi connectivity index (χ2v) is 8.60. The van der Waals surface area contributed by atoms with Crippen molar-refractivity contribution in [2.45, 2.75) is 31.7 Å². The van der Waals surface area contributed by atoms with Crippen LogP contribution in [0.2, 0.25) is 0 Å². The number of hydrogen-bond donors (Lipinski definition) is 4. The van der Waals surface area contributed by atoms with Crippen LogP contribution in [0.1, 0.15) is 24.0 Å². The number of benzene rings is 3. The summed E-state index contributed by atoms with van der Waals surface area (Å²) < 4.78 is 73.4. The molecule has 0 radical (unpaired) electrons. The first-order valence-corrected chi connectivity index (χ1v) is 11.8. The Morgan fingerprint density at radius 1 is 0.872 bits per heavy atom. The summed E-state index contributed by atoms with van der Waals surface area (Å²) in [7, 11) is 0. The van der Waals surface area contributed by atoms with E-state index in [1.165, 1.54) is 0 Å². The second-order valence-electron chi connectivity index (χ2n) is 8.60. The van der Waals surface area contributed by atoms with Crippen LogP contribution in [0.4, 0.5) is 26.7 Å². The maximum Gasteiger partial charge on any atom is 0.318 e. The summed E-state index contributed by atoms with van der Waals surface area (Å²) in [6.45, 7) is 0.286. The number of primary amides is 1. The van der Waals surface area contributed by atoms with Gasteiger partial charge in [0.1, 0.15) is 5.75 Å². The third kappa shape index (κ3) is 7.41. The summed E-state index contributed by atoms with van der Waals surface area (Å²) in [5.41, 5.74) is 9.96. The number of fused-ring (bicyclic) bond motifs is 1. The molecule has 39 heavy (non-hydrogen) atoms. The predicted molar refractivity (Wildman–Crippen MR) is 131 cm³/mol. The van der Waals surface area contributed by atoms with Gasteiger partial charge in [0.25, 0.3) is 0 Å². The van der Waals surface area contributed by atoms with Crippen LogP contribution in [0.5, 0.6) is 5.75 Å². The van der Waals surface area contributed by atoms with Crippen LogP contribution in [-0.2, 0) is 22.4 Å². The fourth-order valence-corrected chi connectivity index (χ4v) is 3.79. The van der Waals surface area contributed by atoms with Gasteiger partial charge in [-0.1, -0.05) is 24.3 Å². The van der Waals surface area contributed by atoms with Gasteiger partial charge in [0, 0.05) is 24.1 Å². The topological polar surface area (TPSA) is 137 Å². The summed E-state index contributed by atoms with van der Waals surface area (Å²) in [5.74, 6) is -11.6. The molecule has 0 spiro atoms. The third-order valence-corrected chi connectivity index (χ3v) is 5.73. The molecule has 0 unspecified atom stereocenters. The van der Waals surface area contributed by atoms with Crippen LogP contribution in [0, 0.1) is 29.1 Å². The number of imide groups is 1. The Balaban J connectivity index is 1.51. The van der Waals surface area contributed by atoms with Gasteiger partial charge >= 0.3 is 6.03 Å². The lowest BCUT2D eigenvalue weighted by molar-refractivity contribution is -0.122. The number of amides is 4. The monoisotopic (exact) mass is 552 g/mol. The molecule has 0 aliphatic rings. The zero-order valence-electron chi connectivity index (χ0n) is 20.5. The molecule has 4 amide bonds. The van der Waals surface area contributed by atoms with Crippen LogP contribution >= 0.6 is 0 Å². The van der Waals surface area contributed by atoms with Crippen molar-refractivity contribution in [3.63, 3.8) is 0 Å². The molecule has 0 heterocycles. The molecule has 3 aromatic rings. The van der Waals surface area contributed by atoms with Gasteiger partial charge in [-0.3, -0.25) is 14.9 Å². The highest BCUT2D eigenvalue weighted by Crippen LogP contribution is 2.27. The van der Waals surface area contributed by atoms with Crippen molar-refractivity contribution in [2.75, 3.05) is 13.2 Å². The Kier molecular flexibility index (Phi) is 9.77. The molecule has 3 aromatic carbocycles. The van der Waals surface area contributed by atoms with E-state index in [0.717, 1.165) is 10.8 Å². The van der Waals surface area contributed by atoms with Gasteiger partial charge < -0.3 is 21.5 Å². The maximum absolute atomic E-state index is 13.8. The first kappa shape index (κ1) is 29.3. The molecule has 0 saturated carbocycles. The molecular formula is C26H25F5N4O4. The van der Waals surface area contributed by atoms with Crippen LogP contribution in [0.25, 0.3) is 10.8 Å². The highest BCUT2D eigenvalue weighted by Gasteiger charge is 2.28. The summed E-state index contributed by atoms with van der Waals surface area (Å²) >= 11 is 0. The number of rotatable bonds is 11. The Hall–Kier alpha value is -4.26. The minimum Gasteiger partial charge on any atom is -0.493 e. The molecule has 0 fully saturated rings. The molecule has 0 saturated heterocycles. The Morgan fingerprint density at radius 3 is 2.08 bits per heavy atom. The molecular weight excluding hydrogens is 527 g/mol. The van der Waals surface area contributed by atoms with Crippen LogP contribution in [0.3, 0.4) is 0 Å². The van der Waals surface area contributed by atoms with Gasteiger partial charge in [0.15, 0.2) is 23.3 Å². The maximum atomic E-state index is 13.8. The van der Waals surface area contributed by atoms with E-state index in [2.05, 4.69) is 5.32 Å². The van der Waals surface area contributed by atoms with Gasteiger partial charge in [-0.15, -0.1) is 0 Å². The summed E-state index contributed by atoms with van der Waals surface area (Å²) in [6.07, 6.45) is -0.214. The Labute approximate surface area is 219 Å². The highest BCUT2D eigenvalue weighted by atomic mass is 19.2. The Morgan fingerprint density at radius 2 is 1.46 bits per heavy atom. The number of carbonyl (C=O) groups excluding carboxylic acids is 3. The lowest BCUT2D eigenvalue weighted by atomic mass is 10.0. The normalized spacial score (nSPS) is 11.7. The predicted octanol–water partition coefficient (Wildman–Crippen LogP) is 3.12. The highest BCUT2D eigenvalue weighted by molar-refractivity contribution is 5.95. The number of hydrogen-bond acceptors (Lipinski definition) is 5. The average molecular weight is 553 g/mol. The molecule has 6 N–H and O–H groups in total. The average Bonchev–Trinajstić information content (AvgIpc) is 2.90. The fraction of sp³-hybridized carbons (Fsp3) is 0.269. The van der Waals surface area contributed by atoms with Gasteiger partial charge in [0.2, 0.25) is 17.6 Å². The Bertz CT molecular complexity index is 1370. The van der Waals surface area contributed by atoms with Crippen LogP contribution < -0.4 is 26.8 Å². The van der Waals surface area contributed by atoms with Crippen molar-refractivity contribution >= 4 is 28.6 Å². The first-order valence-electron chi connectivity index (χ1n) is 11.8. The molecule has 0 aliphatic heterocycles. The van der Waals surface area contributed by atoms with Gasteiger partial charge in [-0.05, 0) is 35.7 Å². The second kappa shape index (κ2) is 13.0. The molecule has 0 aliphatic carbocycles. The molecule has 1 atom stereocenters. The molecule has 0 bridgehead atoms. The molecule has 0 aromatic heterocycles. The van der Waals surface area contributed by atoms with E-state index < -0.39 is 65.0 Å². The van der Waals surface area contributed by atoms with E-state index in [1.807, 2.05) is 29.6 Å². The largest absolute Gasteiger partial charge is 0.493 e. The minimum atomic E-state index is -2.29. The minimum absolute atomic E-state index is 0.0958. The van der Waals surface area contributed by atoms with Gasteiger partial charge in [0.05, 0.1) is 19.1 Å². The van der Waals surface area contributed by atoms with E-state index in [-0.39, 0.29) is 19.6 Å². The third-order valence-electron chi connectivity index (χ3n) is 5.73. The smallest absolute Gasteiger partial charge is 0.318 e. The number of ether oxygens (including phenoxy) is 1. The number of halogens is 5. The number of carbonyl (C=O) groups is 3. The SMILES string of the molecule is NC(=O)NC(=O)Cc1cc2ccccc2cc1OCCCCNC(=O)[C@@H](N)Cc1c(F)c(F)c(F)c(F)c1F. The summed E-state index contributed by atoms with van der Waals surface area (Å²) in [4.78, 5) is 35.2. The van der Waals surface area contributed by atoms with E-state index >= 15 is 0 Å². The molecule has 13 heteroatoms.